The summed E-state index contributed by atoms with van der Waals surface area (Å²) < 4.78 is 5.51. The summed E-state index contributed by atoms with van der Waals surface area (Å²) in [6.07, 6.45) is 5.58. The fraction of sp³-hybridized carbons (Fsp3) is 0.316. The van der Waals surface area contributed by atoms with Crippen LogP contribution in [-0.4, -0.2) is 58.3 Å². The monoisotopic (exact) mass is 351 g/mol. The smallest absolute Gasteiger partial charge is 0.239 e. The highest BCUT2D eigenvalue weighted by Crippen LogP contribution is 2.24. The van der Waals surface area contributed by atoms with Crippen LogP contribution in [0.4, 0.5) is 5.82 Å². The summed E-state index contributed by atoms with van der Waals surface area (Å²) in [7, 11) is 0. The van der Waals surface area contributed by atoms with Crippen molar-refractivity contribution in [2.45, 2.75) is 13.0 Å². The number of H-pyrrole nitrogens is 1. The van der Waals surface area contributed by atoms with Crippen LogP contribution in [0, 0.1) is 0 Å². The zero-order valence-electron chi connectivity index (χ0n) is 14.6. The Labute approximate surface area is 151 Å². The number of amides is 1. The molecule has 0 saturated carbocycles. The number of rotatable bonds is 4. The molecule has 3 heterocycles. The van der Waals surface area contributed by atoms with E-state index in [0.29, 0.717) is 19.0 Å². The second kappa shape index (κ2) is 7.23. The first-order valence-corrected chi connectivity index (χ1v) is 8.70. The molecule has 1 saturated heterocycles. The molecule has 7 nitrogen and oxygen atoms in total. The van der Waals surface area contributed by atoms with E-state index in [4.69, 9.17) is 4.74 Å². The number of aromatic amines is 1. The Bertz CT molecular complexity index is 909. The number of nitrogens with one attached hydrogen (secondary N) is 2. The van der Waals surface area contributed by atoms with E-state index in [9.17, 15) is 4.79 Å². The lowest BCUT2D eigenvalue weighted by atomic mass is 10.1. The molecule has 1 aliphatic rings. The zero-order chi connectivity index (χ0) is 17.9. The van der Waals surface area contributed by atoms with E-state index in [1.165, 1.54) is 0 Å². The van der Waals surface area contributed by atoms with Crippen LogP contribution in [0.1, 0.15) is 6.92 Å². The van der Waals surface area contributed by atoms with Crippen molar-refractivity contribution in [1.82, 2.24) is 20.1 Å². The number of nitrogens with zero attached hydrogens (tertiary/aromatic N) is 3. The molecule has 1 aliphatic heterocycles. The second-order valence-corrected chi connectivity index (χ2v) is 6.58. The molecule has 1 atom stereocenters. The predicted octanol–water partition coefficient (Wildman–Crippen LogP) is 2.28. The van der Waals surface area contributed by atoms with Crippen molar-refractivity contribution in [3.63, 3.8) is 0 Å². The predicted molar refractivity (Wildman–Crippen MR) is 99.8 cm³/mol. The molecule has 0 radical (unpaired) electrons. The van der Waals surface area contributed by atoms with E-state index in [1.54, 1.807) is 12.4 Å². The van der Waals surface area contributed by atoms with Crippen molar-refractivity contribution in [2.24, 2.45) is 0 Å². The van der Waals surface area contributed by atoms with Crippen LogP contribution in [0.5, 0.6) is 0 Å². The Hall–Kier alpha value is -2.77. The molecule has 134 valence electrons. The van der Waals surface area contributed by atoms with Crippen LogP contribution in [0.3, 0.4) is 0 Å². The number of carbonyl (C=O) groups excluding carboxylic acids is 1. The molecule has 3 aromatic rings. The first-order chi connectivity index (χ1) is 12.7. The Morgan fingerprint density at radius 1 is 1.31 bits per heavy atom. The van der Waals surface area contributed by atoms with Crippen molar-refractivity contribution in [1.29, 1.82) is 0 Å². The van der Waals surface area contributed by atoms with Crippen molar-refractivity contribution < 1.29 is 9.53 Å². The number of fused-ring (bicyclic) bond motifs is 1. The van der Waals surface area contributed by atoms with Gasteiger partial charge >= 0.3 is 0 Å². The molecule has 26 heavy (non-hydrogen) atoms. The standard InChI is InChI=1S/C19H21N5O2/c1-13-11-24(4-5-26-13)12-19(25)23-18-7-16-6-14(17-9-21-22-10-17)2-3-15(16)8-20-18/h2-3,6-10,13H,4-5,11-12H2,1H3,(H,21,22)(H,20,23,25)/t13-/m0/s1. The number of hydrogen-bond donors (Lipinski definition) is 2. The van der Waals surface area contributed by atoms with Gasteiger partial charge in [0.2, 0.25) is 5.91 Å². The van der Waals surface area contributed by atoms with E-state index >= 15 is 0 Å². The fourth-order valence-electron chi connectivity index (χ4n) is 3.22. The maximum Gasteiger partial charge on any atom is 0.239 e. The van der Waals surface area contributed by atoms with E-state index in [-0.39, 0.29) is 12.0 Å². The normalized spacial score (nSPS) is 18.1. The first kappa shape index (κ1) is 16.7. The zero-order valence-corrected chi connectivity index (χ0v) is 14.6. The number of hydrogen-bond acceptors (Lipinski definition) is 5. The lowest BCUT2D eigenvalue weighted by molar-refractivity contribution is -0.119. The average Bonchev–Trinajstić information content (AvgIpc) is 3.15. The summed E-state index contributed by atoms with van der Waals surface area (Å²) in [6.45, 7) is 4.58. The third-order valence-electron chi connectivity index (χ3n) is 4.51. The summed E-state index contributed by atoms with van der Waals surface area (Å²) in [5, 5.41) is 11.8. The molecule has 0 spiro atoms. The van der Waals surface area contributed by atoms with Gasteiger partial charge in [-0.2, -0.15) is 5.10 Å². The quantitative estimate of drug-likeness (QED) is 0.753. The fourth-order valence-corrected chi connectivity index (χ4v) is 3.22. The Balaban J connectivity index is 1.48. The lowest BCUT2D eigenvalue weighted by Crippen LogP contribution is -2.44. The maximum atomic E-state index is 12.3. The van der Waals surface area contributed by atoms with Gasteiger partial charge in [-0.05, 0) is 30.0 Å². The van der Waals surface area contributed by atoms with Gasteiger partial charge in [-0.15, -0.1) is 0 Å². The summed E-state index contributed by atoms with van der Waals surface area (Å²) >= 11 is 0. The van der Waals surface area contributed by atoms with Crippen molar-refractivity contribution in [3.05, 3.63) is 42.9 Å². The van der Waals surface area contributed by atoms with Crippen molar-refractivity contribution >= 4 is 22.5 Å². The molecule has 0 aliphatic carbocycles. The SMILES string of the molecule is C[C@H]1CN(CC(=O)Nc2cc3cc(-c4cn[nH]c4)ccc3cn2)CCO1. The topological polar surface area (TPSA) is 83.1 Å². The number of benzene rings is 1. The van der Waals surface area contributed by atoms with Crippen LogP contribution >= 0.6 is 0 Å². The van der Waals surface area contributed by atoms with Gasteiger partial charge in [0, 0.05) is 36.4 Å². The van der Waals surface area contributed by atoms with Crippen molar-refractivity contribution in [2.75, 3.05) is 31.6 Å². The van der Waals surface area contributed by atoms with E-state index < -0.39 is 0 Å². The lowest BCUT2D eigenvalue weighted by Gasteiger charge is -2.30. The average molecular weight is 351 g/mol. The molecule has 1 fully saturated rings. The molecular weight excluding hydrogens is 330 g/mol. The third kappa shape index (κ3) is 3.74. The van der Waals surface area contributed by atoms with Gasteiger partial charge in [-0.1, -0.05) is 12.1 Å². The van der Waals surface area contributed by atoms with Gasteiger partial charge in [0.1, 0.15) is 5.82 Å². The Morgan fingerprint density at radius 3 is 3.04 bits per heavy atom. The van der Waals surface area contributed by atoms with Crippen LogP contribution in [0.2, 0.25) is 0 Å². The van der Waals surface area contributed by atoms with E-state index in [0.717, 1.165) is 35.0 Å². The van der Waals surface area contributed by atoms with Gasteiger partial charge in [0.15, 0.2) is 0 Å². The Morgan fingerprint density at radius 2 is 2.23 bits per heavy atom. The molecule has 0 bridgehead atoms. The second-order valence-electron chi connectivity index (χ2n) is 6.58. The molecule has 4 rings (SSSR count). The Kier molecular flexibility index (Phi) is 4.64. The number of morpholine rings is 1. The molecule has 2 N–H and O–H groups in total. The minimum Gasteiger partial charge on any atom is -0.376 e. The number of aromatic nitrogens is 3. The highest BCUT2D eigenvalue weighted by molar-refractivity contribution is 5.94. The molecule has 0 unspecified atom stereocenters. The molecular formula is C19H21N5O2. The summed E-state index contributed by atoms with van der Waals surface area (Å²) in [4.78, 5) is 18.8. The van der Waals surface area contributed by atoms with Crippen molar-refractivity contribution in [3.8, 4) is 11.1 Å². The molecule has 1 aromatic carbocycles. The third-order valence-corrected chi connectivity index (χ3v) is 4.51. The maximum absolute atomic E-state index is 12.3. The minimum absolute atomic E-state index is 0.0584. The minimum atomic E-state index is -0.0584. The van der Waals surface area contributed by atoms with Crippen LogP contribution in [0.25, 0.3) is 21.9 Å². The van der Waals surface area contributed by atoms with Gasteiger partial charge in [-0.25, -0.2) is 4.98 Å². The van der Waals surface area contributed by atoms with Crippen LogP contribution < -0.4 is 5.32 Å². The van der Waals surface area contributed by atoms with Gasteiger partial charge < -0.3 is 10.1 Å². The van der Waals surface area contributed by atoms with Crippen LogP contribution in [0.15, 0.2) is 42.9 Å². The first-order valence-electron chi connectivity index (χ1n) is 8.70. The number of pyridine rings is 1. The van der Waals surface area contributed by atoms with Gasteiger partial charge in [0.05, 0.1) is 25.5 Å². The number of anilines is 1. The van der Waals surface area contributed by atoms with Gasteiger partial charge in [0.25, 0.3) is 0 Å². The largest absolute Gasteiger partial charge is 0.376 e. The van der Waals surface area contributed by atoms with Gasteiger partial charge in [-0.3, -0.25) is 14.8 Å². The summed E-state index contributed by atoms with van der Waals surface area (Å²) in [6, 6.07) is 8.03. The highest BCUT2D eigenvalue weighted by atomic mass is 16.5. The van der Waals surface area contributed by atoms with Crippen LogP contribution in [-0.2, 0) is 9.53 Å². The molecule has 1 amide bonds. The van der Waals surface area contributed by atoms with E-state index in [1.807, 2.05) is 31.3 Å². The molecule has 2 aromatic heterocycles. The van der Waals surface area contributed by atoms with E-state index in [2.05, 4.69) is 31.5 Å². The summed E-state index contributed by atoms with van der Waals surface area (Å²) in [5.74, 6) is 0.505. The highest BCUT2D eigenvalue weighted by Gasteiger charge is 2.19. The molecule has 7 heteroatoms. The number of ether oxygens (including phenoxy) is 1. The summed E-state index contributed by atoms with van der Waals surface area (Å²) in [5.41, 5.74) is 2.09. The number of carbonyl (C=O) groups is 1.